The number of allylic oxidation sites excluding steroid dienone is 4. The van der Waals surface area contributed by atoms with Crippen LogP contribution in [0.2, 0.25) is 0 Å². The monoisotopic (exact) mass is 560 g/mol. The van der Waals surface area contributed by atoms with Crippen LogP contribution >= 0.6 is 0 Å². The van der Waals surface area contributed by atoms with Crippen molar-refractivity contribution in [3.05, 3.63) is 23.8 Å². The molecule has 0 aromatic carbocycles. The van der Waals surface area contributed by atoms with Gasteiger partial charge in [0.05, 0.1) is 0 Å². The van der Waals surface area contributed by atoms with E-state index >= 15 is 4.39 Å². The summed E-state index contributed by atoms with van der Waals surface area (Å²) >= 11 is 0. The maximum Gasteiger partial charge on any atom is 0.306 e. The van der Waals surface area contributed by atoms with Crippen LogP contribution in [-0.4, -0.2) is 53.5 Å². The third kappa shape index (κ3) is 4.17. The SMILES string of the molecule is CCC(=O)OCC(=O)[C@@]1(OC(=O)CC)[C@@H](C)C[C@H]2[C@@H]3CCC4=CC(=O)C=C[C@]4(C)C3(F)[C@@H](OC(=O)CC)C[C@@]21C. The molecule has 4 aliphatic rings. The summed E-state index contributed by atoms with van der Waals surface area (Å²) in [4.78, 5) is 63.8. The van der Waals surface area contributed by atoms with Gasteiger partial charge in [0.15, 0.2) is 23.7 Å². The van der Waals surface area contributed by atoms with Crippen molar-refractivity contribution in [2.24, 2.45) is 28.6 Å². The second-order valence-corrected chi connectivity index (χ2v) is 12.2. The van der Waals surface area contributed by atoms with Gasteiger partial charge in [-0.2, -0.15) is 0 Å². The van der Waals surface area contributed by atoms with Crippen LogP contribution in [0.4, 0.5) is 4.39 Å². The standard InChI is InChI=1S/C31H41FO8/c1-7-25(35)38-17-23(34)31(40-27(37)9-3)18(4)14-22-21-11-10-19-15-20(33)12-13-28(19,5)30(21,32)24(16-29(22,31)6)39-26(36)8-2/h12-13,15,18,21-22,24H,7-11,14,16-17H2,1-6H3/t18-,21-,22-,24-,28-,29-,30?,31-/m0/s1. The Morgan fingerprint density at radius 1 is 1.00 bits per heavy atom. The van der Waals surface area contributed by atoms with Gasteiger partial charge in [0.2, 0.25) is 5.78 Å². The fourth-order valence-electron chi connectivity index (χ4n) is 8.34. The molecule has 0 saturated heterocycles. The summed E-state index contributed by atoms with van der Waals surface area (Å²) in [6.45, 7) is 9.68. The van der Waals surface area contributed by atoms with Crippen LogP contribution in [0, 0.1) is 28.6 Å². The number of carbonyl (C=O) groups is 5. The van der Waals surface area contributed by atoms with Crippen molar-refractivity contribution >= 4 is 29.5 Å². The number of esters is 3. The summed E-state index contributed by atoms with van der Waals surface area (Å²) in [5, 5.41) is 0. The first-order valence-electron chi connectivity index (χ1n) is 14.5. The first kappa shape index (κ1) is 30.1. The average Bonchev–Trinajstić information content (AvgIpc) is 3.14. The number of halogens is 1. The highest BCUT2D eigenvalue weighted by atomic mass is 19.1. The van der Waals surface area contributed by atoms with Crippen LogP contribution in [-0.2, 0) is 38.2 Å². The molecule has 1 unspecified atom stereocenters. The first-order chi connectivity index (χ1) is 18.7. The van der Waals surface area contributed by atoms with Crippen LogP contribution in [0.25, 0.3) is 0 Å². The van der Waals surface area contributed by atoms with E-state index in [0.29, 0.717) is 24.8 Å². The number of ether oxygens (including phenoxy) is 3. The molecule has 0 radical (unpaired) electrons. The van der Waals surface area contributed by atoms with E-state index < -0.39 is 76.3 Å². The predicted octanol–water partition coefficient (Wildman–Crippen LogP) is 4.78. The molecule has 0 bridgehead atoms. The molecule has 0 aromatic heterocycles. The predicted molar refractivity (Wildman–Crippen MR) is 142 cm³/mol. The third-order valence-electron chi connectivity index (χ3n) is 10.3. The normalized spacial score (nSPS) is 39.8. The van der Waals surface area contributed by atoms with E-state index in [1.54, 1.807) is 33.8 Å². The van der Waals surface area contributed by atoms with Crippen molar-refractivity contribution in [3.8, 4) is 0 Å². The Balaban J connectivity index is 1.88. The summed E-state index contributed by atoms with van der Waals surface area (Å²) in [6.07, 6.45) is 4.49. The minimum atomic E-state index is -2.06. The lowest BCUT2D eigenvalue weighted by Crippen LogP contribution is -2.70. The largest absolute Gasteiger partial charge is 0.459 e. The maximum atomic E-state index is 18.1. The molecule has 8 nitrogen and oxygen atoms in total. The van der Waals surface area contributed by atoms with Gasteiger partial charge in [-0.1, -0.05) is 46.3 Å². The topological polar surface area (TPSA) is 113 Å². The van der Waals surface area contributed by atoms with Crippen molar-refractivity contribution in [3.63, 3.8) is 0 Å². The van der Waals surface area contributed by atoms with E-state index in [9.17, 15) is 24.0 Å². The third-order valence-corrected chi connectivity index (χ3v) is 10.3. The van der Waals surface area contributed by atoms with Crippen LogP contribution in [0.15, 0.2) is 23.8 Å². The van der Waals surface area contributed by atoms with E-state index in [4.69, 9.17) is 14.2 Å². The van der Waals surface area contributed by atoms with E-state index in [0.717, 1.165) is 0 Å². The lowest BCUT2D eigenvalue weighted by atomic mass is 9.44. The molecule has 0 heterocycles. The molecular weight excluding hydrogens is 519 g/mol. The van der Waals surface area contributed by atoms with Gasteiger partial charge < -0.3 is 14.2 Å². The molecule has 0 aromatic rings. The van der Waals surface area contributed by atoms with Gasteiger partial charge in [0.25, 0.3) is 0 Å². The Hall–Kier alpha value is -2.84. The zero-order chi connectivity index (χ0) is 29.7. The molecule has 40 heavy (non-hydrogen) atoms. The van der Waals surface area contributed by atoms with Crippen molar-refractivity contribution in [1.29, 1.82) is 0 Å². The van der Waals surface area contributed by atoms with Crippen molar-refractivity contribution in [2.45, 2.75) is 104 Å². The van der Waals surface area contributed by atoms with E-state index in [1.165, 1.54) is 12.2 Å². The molecule has 9 heteroatoms. The zero-order valence-electron chi connectivity index (χ0n) is 24.3. The molecule has 220 valence electrons. The number of hydrogen-bond acceptors (Lipinski definition) is 8. The Morgan fingerprint density at radius 3 is 2.27 bits per heavy atom. The van der Waals surface area contributed by atoms with Gasteiger partial charge in [0.1, 0.15) is 6.10 Å². The van der Waals surface area contributed by atoms with Crippen LogP contribution < -0.4 is 0 Å². The molecule has 4 aliphatic carbocycles. The minimum Gasteiger partial charge on any atom is -0.459 e. The number of alkyl halides is 1. The number of carbonyl (C=O) groups excluding carboxylic acids is 5. The van der Waals surface area contributed by atoms with Gasteiger partial charge in [-0.15, -0.1) is 0 Å². The van der Waals surface area contributed by atoms with E-state index in [1.807, 2.05) is 13.8 Å². The lowest BCUT2D eigenvalue weighted by molar-refractivity contribution is -0.236. The zero-order valence-corrected chi connectivity index (χ0v) is 24.3. The molecular formula is C31H41FO8. The highest BCUT2D eigenvalue weighted by Crippen LogP contribution is 2.72. The van der Waals surface area contributed by atoms with E-state index in [2.05, 4.69) is 0 Å². The summed E-state index contributed by atoms with van der Waals surface area (Å²) in [7, 11) is 0. The Morgan fingerprint density at radius 2 is 1.65 bits per heavy atom. The van der Waals surface area contributed by atoms with Gasteiger partial charge in [-0.25, -0.2) is 4.39 Å². The second-order valence-electron chi connectivity index (χ2n) is 12.2. The molecule has 0 amide bonds. The minimum absolute atomic E-state index is 0.0209. The van der Waals surface area contributed by atoms with Gasteiger partial charge >= 0.3 is 17.9 Å². The van der Waals surface area contributed by atoms with Crippen LogP contribution in [0.3, 0.4) is 0 Å². The van der Waals surface area contributed by atoms with Gasteiger partial charge in [0, 0.05) is 41.9 Å². The summed E-state index contributed by atoms with van der Waals surface area (Å²) in [5.74, 6) is -4.06. The van der Waals surface area contributed by atoms with Crippen molar-refractivity contribution in [2.75, 3.05) is 6.61 Å². The first-order valence-corrected chi connectivity index (χ1v) is 14.5. The summed E-state index contributed by atoms with van der Waals surface area (Å²) in [5.41, 5.74) is -5.41. The number of rotatable bonds is 8. The lowest BCUT2D eigenvalue weighted by Gasteiger charge is -2.63. The number of Topliss-reactive ketones (excluding diaryl/α,β-unsaturated/α-hetero) is 1. The smallest absolute Gasteiger partial charge is 0.306 e. The molecule has 0 spiro atoms. The molecule has 4 rings (SSSR count). The molecule has 8 atom stereocenters. The number of ketones is 2. The van der Waals surface area contributed by atoms with Crippen molar-refractivity contribution in [1.82, 2.24) is 0 Å². The van der Waals surface area contributed by atoms with Crippen molar-refractivity contribution < 1.29 is 42.6 Å². The Labute approximate surface area is 235 Å². The highest BCUT2D eigenvalue weighted by molar-refractivity contribution is 6.01. The fourth-order valence-corrected chi connectivity index (χ4v) is 8.34. The Bertz CT molecular complexity index is 1170. The molecule has 3 saturated carbocycles. The quantitative estimate of drug-likeness (QED) is 0.308. The maximum absolute atomic E-state index is 18.1. The van der Waals surface area contributed by atoms with Crippen LogP contribution in [0.1, 0.15) is 86.5 Å². The van der Waals surface area contributed by atoms with Gasteiger partial charge in [-0.05, 0) is 50.7 Å². The fraction of sp³-hybridized carbons (Fsp3) is 0.710. The second kappa shape index (κ2) is 10.5. The van der Waals surface area contributed by atoms with Crippen LogP contribution in [0.5, 0.6) is 0 Å². The average molecular weight is 561 g/mol. The van der Waals surface area contributed by atoms with Gasteiger partial charge in [-0.3, -0.25) is 24.0 Å². The summed E-state index contributed by atoms with van der Waals surface area (Å²) in [6, 6.07) is 0. The summed E-state index contributed by atoms with van der Waals surface area (Å²) < 4.78 is 35.3. The molecule has 0 aliphatic heterocycles. The molecule has 0 N–H and O–H groups in total. The number of fused-ring (bicyclic) bond motifs is 5. The highest BCUT2D eigenvalue weighted by Gasteiger charge is 2.78. The van der Waals surface area contributed by atoms with E-state index in [-0.39, 0.29) is 31.5 Å². The molecule has 3 fully saturated rings. The number of hydrogen-bond donors (Lipinski definition) is 0. The Kier molecular flexibility index (Phi) is 7.93.